The second-order valence-corrected chi connectivity index (χ2v) is 7.16. The molecule has 4 nitrogen and oxygen atoms in total. The van der Waals surface area contributed by atoms with Crippen LogP contribution in [0.4, 0.5) is 0 Å². The van der Waals surface area contributed by atoms with Crippen molar-refractivity contribution in [1.29, 1.82) is 0 Å². The van der Waals surface area contributed by atoms with Gasteiger partial charge in [0, 0.05) is 17.9 Å². The van der Waals surface area contributed by atoms with Gasteiger partial charge in [-0.3, -0.25) is 9.59 Å². The first kappa shape index (κ1) is 16.1. The van der Waals surface area contributed by atoms with Crippen LogP contribution in [0.5, 0.6) is 0 Å². The number of aliphatic carboxylic acids is 1. The molecule has 2 aromatic rings. The lowest BCUT2D eigenvalue weighted by atomic mass is 9.80. The number of nitrogens with zero attached hydrogens (tertiary/aromatic N) is 1. The van der Waals surface area contributed by atoms with E-state index in [1.165, 1.54) is 11.3 Å². The fourth-order valence-corrected chi connectivity index (χ4v) is 4.18. The SMILES string of the molecule is CSCCN1C(=O)c2ccccc2[C@H](C(=O)O)[C@H]1c1ccsc1. The van der Waals surface area contributed by atoms with Crippen molar-refractivity contribution < 1.29 is 14.7 Å². The van der Waals surface area contributed by atoms with Crippen molar-refractivity contribution in [2.24, 2.45) is 0 Å². The van der Waals surface area contributed by atoms with Crippen LogP contribution in [0.2, 0.25) is 0 Å². The van der Waals surface area contributed by atoms with Crippen LogP contribution in [0.25, 0.3) is 0 Å². The second-order valence-electron chi connectivity index (χ2n) is 5.40. The molecule has 120 valence electrons. The van der Waals surface area contributed by atoms with E-state index in [0.717, 1.165) is 11.3 Å². The van der Waals surface area contributed by atoms with Crippen molar-refractivity contribution in [2.45, 2.75) is 12.0 Å². The predicted molar refractivity (Wildman–Crippen MR) is 93.3 cm³/mol. The van der Waals surface area contributed by atoms with Crippen molar-refractivity contribution in [3.8, 4) is 0 Å². The molecule has 2 atom stereocenters. The molecule has 1 N–H and O–H groups in total. The molecule has 1 aromatic heterocycles. The third-order valence-electron chi connectivity index (χ3n) is 4.13. The first-order chi connectivity index (χ1) is 11.1. The van der Waals surface area contributed by atoms with Crippen molar-refractivity contribution >= 4 is 35.0 Å². The molecule has 0 radical (unpaired) electrons. The number of benzene rings is 1. The monoisotopic (exact) mass is 347 g/mol. The lowest BCUT2D eigenvalue weighted by Gasteiger charge is -2.40. The Balaban J connectivity index is 2.15. The van der Waals surface area contributed by atoms with E-state index in [0.29, 0.717) is 17.7 Å². The number of fused-ring (bicyclic) bond motifs is 1. The van der Waals surface area contributed by atoms with Crippen molar-refractivity contribution in [3.63, 3.8) is 0 Å². The van der Waals surface area contributed by atoms with Gasteiger partial charge < -0.3 is 10.0 Å². The summed E-state index contributed by atoms with van der Waals surface area (Å²) in [4.78, 5) is 26.7. The van der Waals surface area contributed by atoms with Crippen LogP contribution in [0.15, 0.2) is 41.1 Å². The van der Waals surface area contributed by atoms with Crippen LogP contribution in [0.3, 0.4) is 0 Å². The van der Waals surface area contributed by atoms with E-state index in [1.807, 2.05) is 23.1 Å². The van der Waals surface area contributed by atoms with E-state index < -0.39 is 17.9 Å². The molecule has 0 saturated carbocycles. The number of carbonyl (C=O) groups is 2. The van der Waals surface area contributed by atoms with Crippen LogP contribution in [-0.2, 0) is 4.79 Å². The third-order valence-corrected chi connectivity index (χ3v) is 5.42. The standard InChI is InChI=1S/C17H17NO3S2/c1-22-9-7-18-15(11-6-8-23-10-11)14(17(20)21)12-4-2-3-5-13(12)16(18)19/h2-6,8,10,14-15H,7,9H2,1H3,(H,20,21)/t14-,15+/m0/s1. The maximum atomic E-state index is 12.9. The Bertz CT molecular complexity index is 714. The van der Waals surface area contributed by atoms with E-state index in [-0.39, 0.29) is 5.91 Å². The molecule has 1 amide bonds. The number of carboxylic acids is 1. The molecule has 0 unspecified atom stereocenters. The van der Waals surface area contributed by atoms with E-state index in [1.54, 1.807) is 40.9 Å². The van der Waals surface area contributed by atoms with Gasteiger partial charge in [0.2, 0.25) is 0 Å². The van der Waals surface area contributed by atoms with Gasteiger partial charge in [-0.1, -0.05) is 18.2 Å². The highest BCUT2D eigenvalue weighted by Crippen LogP contribution is 2.43. The van der Waals surface area contributed by atoms with Gasteiger partial charge in [-0.25, -0.2) is 0 Å². The zero-order valence-electron chi connectivity index (χ0n) is 12.6. The highest BCUT2D eigenvalue weighted by atomic mass is 32.2. The van der Waals surface area contributed by atoms with Crippen LogP contribution < -0.4 is 0 Å². The van der Waals surface area contributed by atoms with Crippen LogP contribution in [-0.4, -0.2) is 40.4 Å². The van der Waals surface area contributed by atoms with Crippen LogP contribution in [0, 0.1) is 0 Å². The average Bonchev–Trinajstić information content (AvgIpc) is 3.07. The zero-order valence-corrected chi connectivity index (χ0v) is 14.3. The number of hydrogen-bond donors (Lipinski definition) is 1. The number of carboxylic acid groups (broad SMARTS) is 1. The summed E-state index contributed by atoms with van der Waals surface area (Å²) in [5.74, 6) is -0.931. The van der Waals surface area contributed by atoms with Crippen molar-refractivity contribution in [1.82, 2.24) is 4.90 Å². The topological polar surface area (TPSA) is 57.6 Å². The molecule has 3 rings (SSSR count). The largest absolute Gasteiger partial charge is 0.481 e. The Kier molecular flexibility index (Phi) is 4.73. The smallest absolute Gasteiger partial charge is 0.313 e. The fraction of sp³-hybridized carbons (Fsp3) is 0.294. The van der Waals surface area contributed by atoms with E-state index in [4.69, 9.17) is 0 Å². The number of amides is 1. The first-order valence-electron chi connectivity index (χ1n) is 7.29. The minimum atomic E-state index is -0.893. The van der Waals surface area contributed by atoms with Crippen molar-refractivity contribution in [2.75, 3.05) is 18.6 Å². The summed E-state index contributed by atoms with van der Waals surface area (Å²) in [6.07, 6.45) is 1.98. The number of thioether (sulfide) groups is 1. The van der Waals surface area contributed by atoms with E-state index in [9.17, 15) is 14.7 Å². The van der Waals surface area contributed by atoms with Gasteiger partial charge in [-0.05, 0) is 40.3 Å². The second kappa shape index (κ2) is 6.76. The summed E-state index contributed by atoms with van der Waals surface area (Å²) in [5.41, 5.74) is 2.01. The number of thiophene rings is 1. The Labute approximate surface area is 143 Å². The highest BCUT2D eigenvalue weighted by Gasteiger charge is 2.44. The molecule has 0 spiro atoms. The van der Waals surface area contributed by atoms with Crippen LogP contribution in [0.1, 0.15) is 33.4 Å². The van der Waals surface area contributed by atoms with Gasteiger partial charge in [0.15, 0.2) is 0 Å². The molecular formula is C17H17NO3S2. The maximum Gasteiger partial charge on any atom is 0.313 e. The molecule has 6 heteroatoms. The molecule has 1 aromatic carbocycles. The summed E-state index contributed by atoms with van der Waals surface area (Å²) < 4.78 is 0. The predicted octanol–water partition coefficient (Wildman–Crippen LogP) is 3.48. The third kappa shape index (κ3) is 2.88. The van der Waals surface area contributed by atoms with Gasteiger partial charge >= 0.3 is 5.97 Å². The Morgan fingerprint density at radius 2 is 2.13 bits per heavy atom. The summed E-state index contributed by atoms with van der Waals surface area (Å²) in [5, 5.41) is 13.7. The Morgan fingerprint density at radius 1 is 1.35 bits per heavy atom. The molecule has 0 bridgehead atoms. The minimum Gasteiger partial charge on any atom is -0.481 e. The average molecular weight is 347 g/mol. The molecule has 0 aliphatic carbocycles. The summed E-state index contributed by atoms with van der Waals surface area (Å²) >= 11 is 3.17. The Hall–Kier alpha value is -1.79. The molecule has 2 heterocycles. The normalized spacial score (nSPS) is 20.4. The summed E-state index contributed by atoms with van der Waals surface area (Å²) in [7, 11) is 0. The first-order valence-corrected chi connectivity index (χ1v) is 9.62. The molecular weight excluding hydrogens is 330 g/mol. The minimum absolute atomic E-state index is 0.0802. The molecule has 1 aliphatic rings. The van der Waals surface area contributed by atoms with Crippen molar-refractivity contribution in [3.05, 3.63) is 57.8 Å². The summed E-state index contributed by atoms with van der Waals surface area (Å²) in [6, 6.07) is 8.53. The summed E-state index contributed by atoms with van der Waals surface area (Å²) in [6.45, 7) is 0.540. The van der Waals surface area contributed by atoms with E-state index >= 15 is 0 Å². The van der Waals surface area contributed by atoms with Gasteiger partial charge in [0.25, 0.3) is 5.91 Å². The number of hydrogen-bond acceptors (Lipinski definition) is 4. The van der Waals surface area contributed by atoms with Gasteiger partial charge in [-0.15, -0.1) is 0 Å². The van der Waals surface area contributed by atoms with Crippen LogP contribution >= 0.6 is 23.1 Å². The van der Waals surface area contributed by atoms with Gasteiger partial charge in [0.05, 0.1) is 6.04 Å². The lowest BCUT2D eigenvalue weighted by Crippen LogP contribution is -2.45. The van der Waals surface area contributed by atoms with Gasteiger partial charge in [0.1, 0.15) is 5.92 Å². The maximum absolute atomic E-state index is 12.9. The Morgan fingerprint density at radius 3 is 2.78 bits per heavy atom. The molecule has 0 saturated heterocycles. The number of carbonyl (C=O) groups excluding carboxylic acids is 1. The fourth-order valence-electron chi connectivity index (χ4n) is 3.11. The molecule has 23 heavy (non-hydrogen) atoms. The van der Waals surface area contributed by atoms with E-state index in [2.05, 4.69) is 0 Å². The number of rotatable bonds is 5. The molecule has 1 aliphatic heterocycles. The molecule has 0 fully saturated rings. The quantitative estimate of drug-likeness (QED) is 0.900. The highest BCUT2D eigenvalue weighted by molar-refractivity contribution is 7.98. The zero-order chi connectivity index (χ0) is 16.4. The lowest BCUT2D eigenvalue weighted by molar-refractivity contribution is -0.140. The van der Waals surface area contributed by atoms with Gasteiger partial charge in [-0.2, -0.15) is 23.1 Å².